The predicted molar refractivity (Wildman–Crippen MR) is 120 cm³/mol. The highest BCUT2D eigenvalue weighted by atomic mass is 19.4. The fourth-order valence-electron chi connectivity index (χ4n) is 3.19. The second-order valence-electron chi connectivity index (χ2n) is 7.55. The molecule has 1 aliphatic carbocycles. The van der Waals surface area contributed by atoms with Crippen molar-refractivity contribution in [2.24, 2.45) is 5.73 Å². The van der Waals surface area contributed by atoms with E-state index in [1.165, 1.54) is 0 Å². The van der Waals surface area contributed by atoms with Gasteiger partial charge in [0.1, 0.15) is 6.04 Å². The molecule has 0 unspecified atom stereocenters. The van der Waals surface area contributed by atoms with E-state index in [1.54, 1.807) is 42.5 Å². The lowest BCUT2D eigenvalue weighted by atomic mass is 9.83. The fraction of sp³-hybridized carbons (Fsp3) is 0.333. The molecular weight excluding hydrogens is 469 g/mol. The van der Waals surface area contributed by atoms with Crippen LogP contribution in [0.2, 0.25) is 0 Å². The molecule has 188 valence electrons. The number of rotatable bonds is 8. The molecule has 3 rings (SSSR count). The molecule has 0 aliphatic heterocycles. The van der Waals surface area contributed by atoms with Crippen LogP contribution < -0.4 is 11.1 Å². The van der Waals surface area contributed by atoms with Crippen LogP contribution in [0.25, 0.3) is 0 Å². The van der Waals surface area contributed by atoms with Gasteiger partial charge in [0.05, 0.1) is 12.2 Å². The fourth-order valence-corrected chi connectivity index (χ4v) is 3.19. The summed E-state index contributed by atoms with van der Waals surface area (Å²) in [7, 11) is 0. The summed E-state index contributed by atoms with van der Waals surface area (Å²) in [4.78, 5) is 46.1. The van der Waals surface area contributed by atoms with Gasteiger partial charge in [0.2, 0.25) is 0 Å². The average Bonchev–Trinajstić information content (AvgIpc) is 2.83. The van der Waals surface area contributed by atoms with Crippen LogP contribution >= 0.6 is 0 Å². The highest BCUT2D eigenvalue weighted by molar-refractivity contribution is 6.30. The van der Waals surface area contributed by atoms with Crippen LogP contribution in [0.1, 0.15) is 58.0 Å². The highest BCUT2D eigenvalue weighted by Crippen LogP contribution is 2.31. The summed E-state index contributed by atoms with van der Waals surface area (Å²) in [5, 5.41) is 10.4. The molecule has 0 saturated carbocycles. The van der Waals surface area contributed by atoms with Gasteiger partial charge in [-0.3, -0.25) is 14.4 Å². The summed E-state index contributed by atoms with van der Waals surface area (Å²) in [6, 6.07) is 11.6. The molecule has 0 radical (unpaired) electrons. The molecule has 11 heteroatoms. The second kappa shape index (κ2) is 12.1. The lowest BCUT2D eigenvalue weighted by Crippen LogP contribution is -2.31. The Hall–Kier alpha value is -3.73. The molecule has 0 aromatic heterocycles. The second-order valence-corrected chi connectivity index (χ2v) is 7.55. The molecule has 4 N–H and O–H groups in total. The summed E-state index contributed by atoms with van der Waals surface area (Å²) in [5.41, 5.74) is 7.99. The van der Waals surface area contributed by atoms with Crippen LogP contribution in [0.15, 0.2) is 42.5 Å². The van der Waals surface area contributed by atoms with Crippen molar-refractivity contribution in [1.29, 1.82) is 0 Å². The van der Waals surface area contributed by atoms with Gasteiger partial charge in [0.15, 0.2) is 11.6 Å². The first-order chi connectivity index (χ1) is 16.5. The topological polar surface area (TPSA) is 136 Å². The summed E-state index contributed by atoms with van der Waals surface area (Å²) >= 11 is 0. The largest absolute Gasteiger partial charge is 0.490 e. The maximum atomic E-state index is 12.9. The van der Waals surface area contributed by atoms with Gasteiger partial charge >= 0.3 is 18.1 Å². The number of benzene rings is 2. The number of halogens is 3. The number of nitrogens with two attached hydrogens (primary N) is 1. The van der Waals surface area contributed by atoms with Gasteiger partial charge in [0.25, 0.3) is 0 Å². The number of fused-ring (bicyclic) bond motifs is 2. The summed E-state index contributed by atoms with van der Waals surface area (Å²) < 4.78 is 36.9. The lowest BCUT2D eigenvalue weighted by Gasteiger charge is -2.20. The normalized spacial score (nSPS) is 13.1. The van der Waals surface area contributed by atoms with E-state index in [0.29, 0.717) is 53.9 Å². The molecule has 0 fully saturated rings. The Labute approximate surface area is 199 Å². The number of ether oxygens (including phenoxy) is 1. The van der Waals surface area contributed by atoms with Crippen LogP contribution in [0.4, 0.5) is 18.9 Å². The van der Waals surface area contributed by atoms with Gasteiger partial charge in [-0.2, -0.15) is 13.2 Å². The first-order valence-electron chi connectivity index (χ1n) is 10.8. The van der Waals surface area contributed by atoms with E-state index in [9.17, 15) is 27.6 Å². The van der Waals surface area contributed by atoms with Crippen LogP contribution in [0.5, 0.6) is 0 Å². The molecule has 0 heterocycles. The number of carbonyl (C=O) groups excluding carboxylic acids is 3. The predicted octanol–water partition coefficient (Wildman–Crippen LogP) is 3.57. The number of carboxylic acid groups (broad SMARTS) is 1. The molecule has 2 aromatic carbocycles. The van der Waals surface area contributed by atoms with E-state index in [1.807, 2.05) is 6.92 Å². The molecule has 0 saturated heterocycles. The van der Waals surface area contributed by atoms with Crippen molar-refractivity contribution in [3.8, 4) is 0 Å². The van der Waals surface area contributed by atoms with E-state index in [2.05, 4.69) is 5.32 Å². The Balaban J connectivity index is 0.000000540. The van der Waals surface area contributed by atoms with Crippen LogP contribution in [0.3, 0.4) is 0 Å². The Morgan fingerprint density at radius 2 is 1.57 bits per heavy atom. The summed E-state index contributed by atoms with van der Waals surface area (Å²) in [6.45, 7) is 2.74. The highest BCUT2D eigenvalue weighted by Gasteiger charge is 2.38. The average molecular weight is 494 g/mol. The number of hydrogen-bond donors (Lipinski definition) is 3. The Kier molecular flexibility index (Phi) is 9.52. The van der Waals surface area contributed by atoms with Gasteiger partial charge in [-0.25, -0.2) is 4.79 Å². The van der Waals surface area contributed by atoms with Crippen molar-refractivity contribution >= 4 is 29.2 Å². The van der Waals surface area contributed by atoms with E-state index in [-0.39, 0.29) is 17.5 Å². The standard InChI is InChI=1S/C22H24N2O4.C2HF3O2/c1-2-17(23)22(27)28-13-6-5-12-24-18-11-7-10-16-19(18)21(26)15-9-4-3-8-14(15)20(16)25;3-2(4,5)1(6)7/h3-4,7-11,17,24H,2,5-6,12-13,23H2,1H3;(H,6,7)/t17-;/m0./s1. The number of ketones is 2. The number of aliphatic carboxylic acids is 1. The van der Waals surface area contributed by atoms with Gasteiger partial charge < -0.3 is 20.9 Å². The third-order valence-electron chi connectivity index (χ3n) is 5.07. The van der Waals surface area contributed by atoms with E-state index < -0.39 is 18.2 Å². The number of alkyl halides is 3. The van der Waals surface area contributed by atoms with Crippen molar-refractivity contribution < 1.29 is 42.2 Å². The maximum absolute atomic E-state index is 12.9. The molecule has 1 aliphatic rings. The number of anilines is 1. The summed E-state index contributed by atoms with van der Waals surface area (Å²) in [5.74, 6) is -3.41. The molecule has 0 bridgehead atoms. The number of hydrogen-bond acceptors (Lipinski definition) is 7. The number of carboxylic acids is 1. The van der Waals surface area contributed by atoms with E-state index in [4.69, 9.17) is 20.4 Å². The van der Waals surface area contributed by atoms with Gasteiger partial charge in [-0.1, -0.05) is 43.3 Å². The first kappa shape index (κ1) is 27.5. The minimum absolute atomic E-state index is 0.131. The van der Waals surface area contributed by atoms with Crippen molar-refractivity contribution in [2.45, 2.75) is 38.4 Å². The van der Waals surface area contributed by atoms with Crippen molar-refractivity contribution in [2.75, 3.05) is 18.5 Å². The van der Waals surface area contributed by atoms with Gasteiger partial charge in [0, 0.05) is 28.9 Å². The quantitative estimate of drug-likeness (QED) is 0.319. The minimum Gasteiger partial charge on any atom is -0.475 e. The van der Waals surface area contributed by atoms with E-state index >= 15 is 0 Å². The molecule has 2 aromatic rings. The van der Waals surface area contributed by atoms with E-state index in [0.717, 1.165) is 6.42 Å². The van der Waals surface area contributed by atoms with Crippen molar-refractivity contribution in [1.82, 2.24) is 0 Å². The Morgan fingerprint density at radius 3 is 2.14 bits per heavy atom. The Bertz CT molecular complexity index is 1100. The number of carbonyl (C=O) groups is 4. The number of nitrogens with one attached hydrogen (secondary N) is 1. The molecule has 35 heavy (non-hydrogen) atoms. The summed E-state index contributed by atoms with van der Waals surface area (Å²) in [6.07, 6.45) is -3.10. The SMILES string of the molecule is CC[C@H](N)C(=O)OCCCCNc1cccc2c1C(=O)c1ccccc1C2=O.O=C(O)C(F)(F)F. The minimum atomic E-state index is -5.08. The van der Waals surface area contributed by atoms with Crippen LogP contribution in [-0.2, 0) is 14.3 Å². The Morgan fingerprint density at radius 1 is 1.00 bits per heavy atom. The van der Waals surface area contributed by atoms with Crippen molar-refractivity contribution in [3.05, 3.63) is 64.7 Å². The third-order valence-corrected chi connectivity index (χ3v) is 5.07. The molecule has 8 nitrogen and oxygen atoms in total. The zero-order valence-electron chi connectivity index (χ0n) is 18.9. The zero-order valence-corrected chi connectivity index (χ0v) is 18.9. The molecule has 1 atom stereocenters. The van der Waals surface area contributed by atoms with Gasteiger partial charge in [-0.15, -0.1) is 0 Å². The first-order valence-corrected chi connectivity index (χ1v) is 10.8. The zero-order chi connectivity index (χ0) is 26.2. The maximum Gasteiger partial charge on any atom is 0.490 e. The lowest BCUT2D eigenvalue weighted by molar-refractivity contribution is -0.192. The molecular formula is C24H25F3N2O6. The van der Waals surface area contributed by atoms with Gasteiger partial charge in [-0.05, 0) is 25.3 Å². The van der Waals surface area contributed by atoms with Crippen LogP contribution in [0, 0.1) is 0 Å². The third kappa shape index (κ3) is 7.12. The number of esters is 1. The monoisotopic (exact) mass is 494 g/mol. The van der Waals surface area contributed by atoms with Crippen LogP contribution in [-0.4, -0.2) is 54.0 Å². The number of unbranched alkanes of at least 4 members (excludes halogenated alkanes) is 1. The molecule has 0 spiro atoms. The smallest absolute Gasteiger partial charge is 0.475 e. The molecule has 0 amide bonds. The van der Waals surface area contributed by atoms with Crippen molar-refractivity contribution in [3.63, 3.8) is 0 Å².